The summed E-state index contributed by atoms with van der Waals surface area (Å²) in [6.45, 7) is 2.44. The number of nitrogens with zero attached hydrogens (tertiary/aromatic N) is 3. The molecule has 1 N–H and O–H groups in total. The third-order valence-corrected chi connectivity index (χ3v) is 6.39. The molecule has 2 aliphatic heterocycles. The highest BCUT2D eigenvalue weighted by Gasteiger charge is 2.45. The second kappa shape index (κ2) is 6.69. The van der Waals surface area contributed by atoms with Crippen LogP contribution in [0.15, 0.2) is 59.2 Å². The van der Waals surface area contributed by atoms with E-state index in [1.165, 1.54) is 0 Å². The monoisotopic (exact) mass is 422 g/mol. The van der Waals surface area contributed by atoms with E-state index in [9.17, 15) is 4.79 Å². The van der Waals surface area contributed by atoms with Gasteiger partial charge in [0, 0.05) is 30.0 Å². The van der Waals surface area contributed by atoms with Gasteiger partial charge in [-0.3, -0.25) is 9.78 Å². The maximum atomic E-state index is 13.0. The Labute approximate surface area is 165 Å². The van der Waals surface area contributed by atoms with Crippen LogP contribution in [0.2, 0.25) is 0 Å². The van der Waals surface area contributed by atoms with E-state index < -0.39 is 0 Å². The molecule has 0 bridgehead atoms. The zero-order valence-electron chi connectivity index (χ0n) is 14.7. The molecule has 2 aliphatic rings. The van der Waals surface area contributed by atoms with Gasteiger partial charge in [-0.2, -0.15) is 0 Å². The number of carbonyl (C=O) groups is 1. The summed E-state index contributed by atoms with van der Waals surface area (Å²) in [4.78, 5) is 24.3. The average molecular weight is 423 g/mol. The smallest absolute Gasteiger partial charge is 0.255 e. The maximum Gasteiger partial charge on any atom is 0.255 e. The summed E-state index contributed by atoms with van der Waals surface area (Å²) in [5.74, 6) is 0.918. The molecule has 0 saturated carbocycles. The van der Waals surface area contributed by atoms with Crippen LogP contribution in [-0.2, 0) is 0 Å². The molecule has 27 heavy (non-hydrogen) atoms. The van der Waals surface area contributed by atoms with Crippen LogP contribution in [0.1, 0.15) is 22.1 Å². The quantitative estimate of drug-likeness (QED) is 0.687. The van der Waals surface area contributed by atoms with E-state index in [1.807, 2.05) is 59.6 Å². The Morgan fingerprint density at radius 3 is 2.70 bits per heavy atom. The predicted molar refractivity (Wildman–Crippen MR) is 107 cm³/mol. The van der Waals surface area contributed by atoms with Crippen LogP contribution >= 0.6 is 15.9 Å². The first-order valence-electron chi connectivity index (χ1n) is 9.19. The summed E-state index contributed by atoms with van der Waals surface area (Å²) >= 11 is 3.50. The first kappa shape index (κ1) is 16.8. The Hall–Kier alpha value is -2.31. The van der Waals surface area contributed by atoms with E-state index >= 15 is 0 Å². The molecule has 0 radical (unpaired) electrons. The van der Waals surface area contributed by atoms with Crippen molar-refractivity contribution < 1.29 is 4.79 Å². The van der Waals surface area contributed by atoms with Crippen LogP contribution in [0.4, 0.5) is 0 Å². The lowest BCUT2D eigenvalue weighted by Gasteiger charge is -2.21. The van der Waals surface area contributed by atoms with Gasteiger partial charge in [0.1, 0.15) is 0 Å². The number of rotatable bonds is 2. The van der Waals surface area contributed by atoms with Crippen LogP contribution in [0.25, 0.3) is 11.0 Å². The minimum absolute atomic E-state index is 0.0974. The van der Waals surface area contributed by atoms with Gasteiger partial charge in [0.2, 0.25) is 0 Å². The third-order valence-electron chi connectivity index (χ3n) is 5.70. The molecule has 3 heterocycles. The number of halogens is 1. The number of likely N-dealkylation sites (tertiary alicyclic amines) is 1. The summed E-state index contributed by atoms with van der Waals surface area (Å²) < 4.78 is 0.849. The molecule has 2 fully saturated rings. The van der Waals surface area contributed by atoms with Gasteiger partial charge in [-0.05, 0) is 46.1 Å². The SMILES string of the molecule is O=C(c1ccccc1Br)N1CC2CNC(c3cnc4ccccc4n3)C2C1. The number of nitrogens with one attached hydrogen (secondary N) is 1. The standard InChI is InChI=1S/C21H19BrN4O/c22-16-6-2-1-5-14(16)21(27)26-11-13-9-24-20(15(13)12-26)19-10-23-17-7-3-4-8-18(17)25-19/h1-8,10,13,15,20,24H,9,11-12H2. The van der Waals surface area contributed by atoms with Crippen LogP contribution in [-0.4, -0.2) is 40.4 Å². The van der Waals surface area contributed by atoms with Crippen molar-refractivity contribution in [3.8, 4) is 0 Å². The normalized spacial score (nSPS) is 24.3. The van der Waals surface area contributed by atoms with E-state index in [4.69, 9.17) is 4.98 Å². The Morgan fingerprint density at radius 2 is 1.85 bits per heavy atom. The topological polar surface area (TPSA) is 58.1 Å². The van der Waals surface area contributed by atoms with Crippen LogP contribution < -0.4 is 5.32 Å². The number of carbonyl (C=O) groups excluding carboxylic acids is 1. The number of fused-ring (bicyclic) bond motifs is 2. The van der Waals surface area contributed by atoms with E-state index in [1.54, 1.807) is 0 Å². The second-order valence-electron chi connectivity index (χ2n) is 7.28. The zero-order chi connectivity index (χ0) is 18.4. The highest BCUT2D eigenvalue weighted by atomic mass is 79.9. The average Bonchev–Trinajstić information content (AvgIpc) is 3.28. The minimum atomic E-state index is 0.0974. The van der Waals surface area contributed by atoms with Gasteiger partial charge in [0.05, 0.1) is 34.5 Å². The highest BCUT2D eigenvalue weighted by Crippen LogP contribution is 2.39. The van der Waals surface area contributed by atoms with Crippen molar-refractivity contribution in [3.63, 3.8) is 0 Å². The maximum absolute atomic E-state index is 13.0. The van der Waals surface area contributed by atoms with Gasteiger partial charge in [-0.1, -0.05) is 24.3 Å². The molecule has 2 aromatic carbocycles. The molecular formula is C21H19BrN4O. The van der Waals surface area contributed by atoms with Crippen molar-refractivity contribution in [2.45, 2.75) is 6.04 Å². The van der Waals surface area contributed by atoms with Crippen molar-refractivity contribution in [1.82, 2.24) is 20.2 Å². The molecular weight excluding hydrogens is 404 g/mol. The van der Waals surface area contributed by atoms with Gasteiger partial charge in [-0.15, -0.1) is 0 Å². The number of para-hydroxylation sites is 2. The number of amides is 1. The highest BCUT2D eigenvalue weighted by molar-refractivity contribution is 9.10. The molecule has 5 rings (SSSR count). The molecule has 1 aromatic heterocycles. The summed E-state index contributed by atoms with van der Waals surface area (Å²) in [6, 6.07) is 15.7. The van der Waals surface area contributed by atoms with Gasteiger partial charge in [0.25, 0.3) is 5.91 Å². The van der Waals surface area contributed by atoms with Crippen molar-refractivity contribution in [3.05, 3.63) is 70.5 Å². The number of hydrogen-bond acceptors (Lipinski definition) is 4. The molecule has 3 aromatic rings. The van der Waals surface area contributed by atoms with E-state index in [0.717, 1.165) is 46.4 Å². The molecule has 136 valence electrons. The summed E-state index contributed by atoms with van der Waals surface area (Å²) in [5, 5.41) is 3.60. The van der Waals surface area contributed by atoms with Gasteiger partial charge < -0.3 is 10.2 Å². The molecule has 0 aliphatic carbocycles. The third kappa shape index (κ3) is 2.93. The first-order valence-corrected chi connectivity index (χ1v) is 9.99. The lowest BCUT2D eigenvalue weighted by Crippen LogP contribution is -2.33. The molecule has 5 nitrogen and oxygen atoms in total. The van der Waals surface area contributed by atoms with Crippen LogP contribution in [0.3, 0.4) is 0 Å². The van der Waals surface area contributed by atoms with Crippen LogP contribution in [0, 0.1) is 11.8 Å². The van der Waals surface area contributed by atoms with Crippen molar-refractivity contribution >= 4 is 32.9 Å². The number of aromatic nitrogens is 2. The minimum Gasteiger partial charge on any atom is -0.338 e. The second-order valence-corrected chi connectivity index (χ2v) is 8.14. The summed E-state index contributed by atoms with van der Waals surface area (Å²) in [7, 11) is 0. The molecule has 3 unspecified atom stereocenters. The van der Waals surface area contributed by atoms with E-state index in [0.29, 0.717) is 11.8 Å². The number of benzene rings is 2. The Kier molecular flexibility index (Phi) is 4.17. The Bertz CT molecular complexity index is 1020. The van der Waals surface area contributed by atoms with Gasteiger partial charge in [0.15, 0.2) is 0 Å². The molecule has 0 spiro atoms. The van der Waals surface area contributed by atoms with Crippen molar-refractivity contribution in [1.29, 1.82) is 0 Å². The Morgan fingerprint density at radius 1 is 1.07 bits per heavy atom. The van der Waals surface area contributed by atoms with Gasteiger partial charge in [-0.25, -0.2) is 4.98 Å². The van der Waals surface area contributed by atoms with E-state index in [-0.39, 0.29) is 11.9 Å². The number of hydrogen-bond donors (Lipinski definition) is 1. The molecule has 3 atom stereocenters. The van der Waals surface area contributed by atoms with E-state index in [2.05, 4.69) is 26.2 Å². The van der Waals surface area contributed by atoms with Crippen molar-refractivity contribution in [2.24, 2.45) is 11.8 Å². The Balaban J connectivity index is 1.39. The predicted octanol–water partition coefficient (Wildman–Crippen LogP) is 3.43. The fraction of sp³-hybridized carbons (Fsp3) is 0.286. The van der Waals surface area contributed by atoms with Crippen LogP contribution in [0.5, 0.6) is 0 Å². The first-order chi connectivity index (χ1) is 13.2. The van der Waals surface area contributed by atoms with Crippen molar-refractivity contribution in [2.75, 3.05) is 19.6 Å². The fourth-order valence-electron chi connectivity index (χ4n) is 4.34. The molecule has 6 heteroatoms. The van der Waals surface area contributed by atoms with Gasteiger partial charge >= 0.3 is 0 Å². The zero-order valence-corrected chi connectivity index (χ0v) is 16.3. The lowest BCUT2D eigenvalue weighted by molar-refractivity contribution is 0.0778. The fourth-order valence-corrected chi connectivity index (χ4v) is 4.79. The largest absolute Gasteiger partial charge is 0.338 e. The summed E-state index contributed by atoms with van der Waals surface area (Å²) in [5.41, 5.74) is 3.52. The summed E-state index contributed by atoms with van der Waals surface area (Å²) in [6.07, 6.45) is 1.88. The molecule has 2 saturated heterocycles. The molecule has 1 amide bonds. The lowest BCUT2D eigenvalue weighted by atomic mass is 9.92.